The molecule has 0 saturated heterocycles. The molecule has 6 nitrogen and oxygen atoms in total. The van der Waals surface area contributed by atoms with E-state index in [2.05, 4.69) is 4.98 Å². The number of nitriles is 1. The van der Waals surface area contributed by atoms with E-state index in [1.54, 1.807) is 0 Å². The largest absolute Gasteiger partial charge is 0.385 e. The molecule has 1 rings (SSSR count). The number of aliphatic hydroxyl groups excluding tert-OH is 2. The van der Waals surface area contributed by atoms with E-state index in [-0.39, 0.29) is 11.1 Å². The molecule has 4 N–H and O–H groups in total. The molecule has 0 aliphatic carbocycles. The smallest absolute Gasteiger partial charge is 0.249 e. The van der Waals surface area contributed by atoms with Gasteiger partial charge < -0.3 is 15.9 Å². The highest BCUT2D eigenvalue weighted by Crippen LogP contribution is 2.16. The van der Waals surface area contributed by atoms with Crippen molar-refractivity contribution in [2.45, 2.75) is 12.2 Å². The normalized spacial score (nSPS) is 13.9. The Morgan fingerprint density at radius 3 is 2.73 bits per heavy atom. The predicted octanol–water partition coefficient (Wildman–Crippen LogP) is -1.17. The van der Waals surface area contributed by atoms with E-state index in [1.165, 1.54) is 18.5 Å². The third-order valence-corrected chi connectivity index (χ3v) is 1.82. The summed E-state index contributed by atoms with van der Waals surface area (Å²) in [6.45, 7) is 0. The third-order valence-electron chi connectivity index (χ3n) is 1.82. The maximum absolute atomic E-state index is 10.6. The number of aliphatic hydroxyl groups is 2. The lowest BCUT2D eigenvalue weighted by Crippen LogP contribution is -2.33. The molecule has 1 amide bonds. The van der Waals surface area contributed by atoms with Gasteiger partial charge in [-0.2, -0.15) is 5.26 Å². The maximum atomic E-state index is 10.6. The van der Waals surface area contributed by atoms with Gasteiger partial charge in [-0.15, -0.1) is 0 Å². The summed E-state index contributed by atoms with van der Waals surface area (Å²) in [4.78, 5) is 14.3. The number of hydrogen-bond acceptors (Lipinski definition) is 5. The first-order valence-corrected chi connectivity index (χ1v) is 4.06. The summed E-state index contributed by atoms with van der Waals surface area (Å²) in [5.74, 6) is -1.04. The Morgan fingerprint density at radius 1 is 1.53 bits per heavy atom. The number of nitrogens with zero attached hydrogens (tertiary/aromatic N) is 2. The zero-order valence-corrected chi connectivity index (χ0v) is 7.66. The van der Waals surface area contributed by atoms with Crippen LogP contribution in [0.25, 0.3) is 0 Å². The van der Waals surface area contributed by atoms with Gasteiger partial charge >= 0.3 is 0 Å². The lowest BCUT2D eigenvalue weighted by Gasteiger charge is -2.14. The summed E-state index contributed by atoms with van der Waals surface area (Å²) in [5.41, 5.74) is 5.20. The minimum absolute atomic E-state index is 0.167. The fourth-order valence-corrected chi connectivity index (χ4v) is 1.02. The number of hydrogen-bond donors (Lipinski definition) is 3. The van der Waals surface area contributed by atoms with Crippen LogP contribution in [-0.4, -0.2) is 27.2 Å². The van der Waals surface area contributed by atoms with Gasteiger partial charge in [-0.3, -0.25) is 9.78 Å². The summed E-state index contributed by atoms with van der Waals surface area (Å²) in [5, 5.41) is 27.2. The number of nitrogens with two attached hydrogens (primary N) is 1. The molecule has 1 aromatic heterocycles. The average Bonchev–Trinajstić information content (AvgIpc) is 2.27. The molecule has 0 aromatic carbocycles. The Labute approximate surface area is 85.6 Å². The minimum atomic E-state index is -1.71. The van der Waals surface area contributed by atoms with E-state index >= 15 is 0 Å². The molecule has 0 saturated carbocycles. The summed E-state index contributed by atoms with van der Waals surface area (Å²) in [6, 6.07) is 3.14. The molecule has 0 bridgehead atoms. The highest BCUT2D eigenvalue weighted by atomic mass is 16.3. The van der Waals surface area contributed by atoms with Gasteiger partial charge in [0.25, 0.3) is 0 Å². The highest BCUT2D eigenvalue weighted by molar-refractivity contribution is 5.79. The van der Waals surface area contributed by atoms with Crippen molar-refractivity contribution in [1.29, 1.82) is 5.26 Å². The lowest BCUT2D eigenvalue weighted by atomic mass is 10.0. The van der Waals surface area contributed by atoms with Gasteiger partial charge in [0.2, 0.25) is 5.91 Å². The molecule has 2 atom stereocenters. The van der Waals surface area contributed by atoms with Crippen molar-refractivity contribution in [3.8, 4) is 6.07 Å². The molecular weight excluding hydrogens is 198 g/mol. The number of primary amides is 1. The first-order valence-electron chi connectivity index (χ1n) is 4.06. The van der Waals surface area contributed by atoms with Crippen LogP contribution in [0.3, 0.4) is 0 Å². The van der Waals surface area contributed by atoms with Gasteiger partial charge in [0.15, 0.2) is 6.10 Å². The van der Waals surface area contributed by atoms with E-state index in [0.717, 1.165) is 0 Å². The van der Waals surface area contributed by atoms with Gasteiger partial charge in [-0.05, 0) is 6.07 Å². The average molecular weight is 207 g/mol. The van der Waals surface area contributed by atoms with Crippen LogP contribution < -0.4 is 5.73 Å². The van der Waals surface area contributed by atoms with Crippen molar-refractivity contribution in [2.75, 3.05) is 0 Å². The Bertz CT molecular complexity index is 413. The number of carbonyl (C=O) groups is 1. The predicted molar refractivity (Wildman–Crippen MR) is 49.1 cm³/mol. The van der Waals surface area contributed by atoms with Crippen molar-refractivity contribution in [3.05, 3.63) is 29.6 Å². The van der Waals surface area contributed by atoms with Crippen molar-refractivity contribution >= 4 is 5.91 Å². The molecule has 2 unspecified atom stereocenters. The quantitative estimate of drug-likeness (QED) is 0.577. The number of carbonyl (C=O) groups excluding carboxylic acids is 1. The third kappa shape index (κ3) is 2.49. The van der Waals surface area contributed by atoms with Crippen LogP contribution in [0.1, 0.15) is 17.2 Å². The lowest BCUT2D eigenvalue weighted by molar-refractivity contribution is -0.131. The van der Waals surface area contributed by atoms with Gasteiger partial charge in [0, 0.05) is 18.0 Å². The first-order chi connectivity index (χ1) is 7.06. The van der Waals surface area contributed by atoms with Gasteiger partial charge in [0.05, 0.1) is 5.56 Å². The van der Waals surface area contributed by atoms with E-state index in [4.69, 9.17) is 11.0 Å². The summed E-state index contributed by atoms with van der Waals surface area (Å²) < 4.78 is 0. The molecule has 0 fully saturated rings. The van der Waals surface area contributed by atoms with Crippen LogP contribution in [0.2, 0.25) is 0 Å². The molecule has 15 heavy (non-hydrogen) atoms. The van der Waals surface area contributed by atoms with Crippen LogP contribution in [-0.2, 0) is 4.79 Å². The Balaban J connectivity index is 2.96. The molecule has 6 heteroatoms. The standard InChI is InChI=1S/C9H9N3O3/c10-2-5-1-6(4-12-3-5)7(13)8(14)9(11)15/h1,3-4,7-8,13-14H,(H2,11,15). The SMILES string of the molecule is N#Cc1cncc(C(O)C(O)C(N)=O)c1. The fourth-order valence-electron chi connectivity index (χ4n) is 1.02. The fraction of sp³-hybridized carbons (Fsp3) is 0.222. The molecule has 1 heterocycles. The summed E-state index contributed by atoms with van der Waals surface area (Å²) >= 11 is 0. The monoisotopic (exact) mass is 207 g/mol. The van der Waals surface area contributed by atoms with Crippen LogP contribution in [0.5, 0.6) is 0 Å². The maximum Gasteiger partial charge on any atom is 0.249 e. The number of rotatable bonds is 3. The second kappa shape index (κ2) is 4.50. The number of pyridine rings is 1. The Hall–Kier alpha value is -1.97. The first kappa shape index (κ1) is 11.1. The summed E-state index contributed by atoms with van der Waals surface area (Å²) in [7, 11) is 0. The van der Waals surface area contributed by atoms with E-state index < -0.39 is 18.1 Å². The van der Waals surface area contributed by atoms with Crippen LogP contribution in [0.15, 0.2) is 18.5 Å². The Morgan fingerprint density at radius 2 is 2.20 bits per heavy atom. The molecule has 78 valence electrons. The van der Waals surface area contributed by atoms with Gasteiger partial charge in [-0.25, -0.2) is 0 Å². The second-order valence-corrected chi connectivity index (χ2v) is 2.91. The van der Waals surface area contributed by atoms with E-state index in [0.29, 0.717) is 0 Å². The van der Waals surface area contributed by atoms with Crippen molar-refractivity contribution in [3.63, 3.8) is 0 Å². The van der Waals surface area contributed by atoms with Gasteiger partial charge in [0.1, 0.15) is 12.2 Å². The van der Waals surface area contributed by atoms with E-state index in [1.807, 2.05) is 6.07 Å². The molecular formula is C9H9N3O3. The topological polar surface area (TPSA) is 120 Å². The van der Waals surface area contributed by atoms with Crippen LogP contribution >= 0.6 is 0 Å². The zero-order valence-electron chi connectivity index (χ0n) is 7.66. The van der Waals surface area contributed by atoms with Gasteiger partial charge in [-0.1, -0.05) is 0 Å². The molecule has 0 spiro atoms. The zero-order chi connectivity index (χ0) is 11.4. The molecule has 0 aliphatic rings. The van der Waals surface area contributed by atoms with Crippen LogP contribution in [0.4, 0.5) is 0 Å². The molecule has 0 radical (unpaired) electrons. The van der Waals surface area contributed by atoms with Crippen molar-refractivity contribution in [2.24, 2.45) is 5.73 Å². The summed E-state index contributed by atoms with van der Waals surface area (Å²) in [6.07, 6.45) is -0.631. The van der Waals surface area contributed by atoms with Crippen molar-refractivity contribution in [1.82, 2.24) is 4.98 Å². The number of aromatic nitrogens is 1. The molecule has 0 aliphatic heterocycles. The number of amides is 1. The highest BCUT2D eigenvalue weighted by Gasteiger charge is 2.23. The molecule has 1 aromatic rings. The minimum Gasteiger partial charge on any atom is -0.385 e. The van der Waals surface area contributed by atoms with Crippen molar-refractivity contribution < 1.29 is 15.0 Å². The second-order valence-electron chi connectivity index (χ2n) is 2.91. The Kier molecular flexibility index (Phi) is 3.33. The van der Waals surface area contributed by atoms with Crippen LogP contribution in [0, 0.1) is 11.3 Å². The van der Waals surface area contributed by atoms with E-state index in [9.17, 15) is 15.0 Å².